The van der Waals surface area contributed by atoms with Crippen LogP contribution in [0.5, 0.6) is 5.75 Å². The number of nitrogens with zero attached hydrogens (tertiary/aromatic N) is 1. The van der Waals surface area contributed by atoms with Crippen molar-refractivity contribution in [2.75, 3.05) is 31.6 Å². The van der Waals surface area contributed by atoms with Crippen LogP contribution in [0.3, 0.4) is 0 Å². The van der Waals surface area contributed by atoms with Crippen molar-refractivity contribution in [3.63, 3.8) is 0 Å². The third kappa shape index (κ3) is 5.36. The minimum atomic E-state index is -0.280. The van der Waals surface area contributed by atoms with Gasteiger partial charge >= 0.3 is 6.03 Å². The fraction of sp³-hybridized carbons (Fsp3) is 0.579. The van der Waals surface area contributed by atoms with E-state index in [1.165, 1.54) is 0 Å². The molecule has 7 heteroatoms. The van der Waals surface area contributed by atoms with Crippen LogP contribution < -0.4 is 15.4 Å². The van der Waals surface area contributed by atoms with Crippen molar-refractivity contribution in [3.05, 3.63) is 24.3 Å². The van der Waals surface area contributed by atoms with Gasteiger partial charge in [-0.25, -0.2) is 4.79 Å². The molecule has 26 heavy (non-hydrogen) atoms. The van der Waals surface area contributed by atoms with E-state index in [0.29, 0.717) is 25.3 Å². The van der Waals surface area contributed by atoms with Gasteiger partial charge in [0.2, 0.25) is 5.91 Å². The molecule has 0 spiro atoms. The summed E-state index contributed by atoms with van der Waals surface area (Å²) >= 11 is 0. The quantitative estimate of drug-likeness (QED) is 0.781. The Morgan fingerprint density at radius 2 is 2.15 bits per heavy atom. The summed E-state index contributed by atoms with van der Waals surface area (Å²) in [7, 11) is 0. The summed E-state index contributed by atoms with van der Waals surface area (Å²) in [6.45, 7) is 4.59. The third-order valence-electron chi connectivity index (χ3n) is 4.62. The Kier molecular flexibility index (Phi) is 6.33. The number of carbonyl (C=O) groups excluding carboxylic acids is 2. The number of amides is 3. The molecular weight excluding hydrogens is 334 g/mol. The summed E-state index contributed by atoms with van der Waals surface area (Å²) in [6.07, 6.45) is 3.83. The van der Waals surface area contributed by atoms with E-state index in [4.69, 9.17) is 9.47 Å². The molecule has 0 aliphatic carbocycles. The average Bonchev–Trinajstić information content (AvgIpc) is 3.26. The van der Waals surface area contributed by atoms with Crippen molar-refractivity contribution in [3.8, 4) is 5.75 Å². The average molecular weight is 361 g/mol. The van der Waals surface area contributed by atoms with Crippen molar-refractivity contribution in [1.82, 2.24) is 10.2 Å². The normalized spacial score (nSPS) is 20.9. The minimum Gasteiger partial charge on any atom is -0.491 e. The molecule has 7 nitrogen and oxygen atoms in total. The molecule has 2 saturated heterocycles. The zero-order chi connectivity index (χ0) is 18.4. The molecular formula is C19H27N3O4. The fourth-order valence-electron chi connectivity index (χ4n) is 3.26. The molecule has 3 rings (SSSR count). The second kappa shape index (κ2) is 8.89. The van der Waals surface area contributed by atoms with E-state index < -0.39 is 0 Å². The molecule has 2 N–H and O–H groups in total. The molecule has 1 aromatic rings. The monoisotopic (exact) mass is 361 g/mol. The largest absolute Gasteiger partial charge is 0.491 e. The number of hydrogen-bond acceptors (Lipinski definition) is 4. The molecule has 2 aliphatic rings. The lowest BCUT2D eigenvalue weighted by atomic mass is 10.2. The van der Waals surface area contributed by atoms with Crippen LogP contribution in [-0.2, 0) is 9.53 Å². The van der Waals surface area contributed by atoms with E-state index in [1.807, 2.05) is 19.1 Å². The second-order valence-corrected chi connectivity index (χ2v) is 6.91. The van der Waals surface area contributed by atoms with Gasteiger partial charge in [-0.2, -0.15) is 0 Å². The number of urea groups is 1. The number of ether oxygens (including phenoxy) is 2. The van der Waals surface area contributed by atoms with Gasteiger partial charge in [-0.1, -0.05) is 0 Å². The van der Waals surface area contributed by atoms with Gasteiger partial charge in [0.15, 0.2) is 0 Å². The van der Waals surface area contributed by atoms with Gasteiger partial charge in [0, 0.05) is 37.8 Å². The minimum absolute atomic E-state index is 0.105. The van der Waals surface area contributed by atoms with Crippen LogP contribution in [0, 0.1) is 0 Å². The van der Waals surface area contributed by atoms with E-state index in [2.05, 4.69) is 10.6 Å². The highest BCUT2D eigenvalue weighted by Crippen LogP contribution is 2.18. The Morgan fingerprint density at radius 3 is 2.81 bits per heavy atom. The fourth-order valence-corrected chi connectivity index (χ4v) is 3.26. The summed E-state index contributed by atoms with van der Waals surface area (Å²) in [6, 6.07) is 6.88. The standard InChI is InChI=1S/C19H27N3O4/c1-14(12-22-10-2-5-18(22)23)20-19(24)21-15-6-8-16(9-7-15)26-13-17-4-3-11-25-17/h6-9,14,17H,2-5,10-13H2,1H3,(H2,20,21,24)/t14-,17-/m1/s1. The Balaban J connectivity index is 1.39. The number of likely N-dealkylation sites (tertiary alicyclic amines) is 1. The summed E-state index contributed by atoms with van der Waals surface area (Å²) in [5.41, 5.74) is 0.691. The van der Waals surface area contributed by atoms with Crippen LogP contribution in [0.2, 0.25) is 0 Å². The SMILES string of the molecule is C[C@H](CN1CCCC1=O)NC(=O)Nc1ccc(OC[C@H]2CCCO2)cc1. The summed E-state index contributed by atoms with van der Waals surface area (Å²) < 4.78 is 11.2. The van der Waals surface area contributed by atoms with Gasteiger partial charge in [0.25, 0.3) is 0 Å². The molecule has 2 heterocycles. The number of carbonyl (C=O) groups is 2. The Morgan fingerprint density at radius 1 is 1.35 bits per heavy atom. The highest BCUT2D eigenvalue weighted by atomic mass is 16.5. The van der Waals surface area contributed by atoms with Gasteiger partial charge in [-0.15, -0.1) is 0 Å². The maximum atomic E-state index is 12.1. The van der Waals surface area contributed by atoms with Gasteiger partial charge in [0.1, 0.15) is 12.4 Å². The van der Waals surface area contributed by atoms with Gasteiger partial charge in [0.05, 0.1) is 6.10 Å². The molecule has 0 bridgehead atoms. The Bertz CT molecular complexity index is 614. The third-order valence-corrected chi connectivity index (χ3v) is 4.62. The highest BCUT2D eigenvalue weighted by molar-refractivity contribution is 5.89. The van der Waals surface area contributed by atoms with E-state index in [-0.39, 0.29) is 24.1 Å². The van der Waals surface area contributed by atoms with Crippen molar-refractivity contribution < 1.29 is 19.1 Å². The first-order valence-electron chi connectivity index (χ1n) is 9.30. The van der Waals surface area contributed by atoms with Gasteiger partial charge in [-0.3, -0.25) is 4.79 Å². The van der Waals surface area contributed by atoms with E-state index in [9.17, 15) is 9.59 Å². The second-order valence-electron chi connectivity index (χ2n) is 6.91. The first-order chi connectivity index (χ1) is 12.6. The van der Waals surface area contributed by atoms with Crippen molar-refractivity contribution >= 4 is 17.6 Å². The predicted molar refractivity (Wildman–Crippen MR) is 98.3 cm³/mol. The van der Waals surface area contributed by atoms with Gasteiger partial charge in [-0.05, 0) is 50.5 Å². The lowest BCUT2D eigenvalue weighted by molar-refractivity contribution is -0.127. The molecule has 2 aliphatic heterocycles. The van der Waals surface area contributed by atoms with E-state index >= 15 is 0 Å². The molecule has 1 aromatic carbocycles. The zero-order valence-electron chi connectivity index (χ0n) is 15.2. The number of benzene rings is 1. The van der Waals surface area contributed by atoms with Crippen LogP contribution >= 0.6 is 0 Å². The van der Waals surface area contributed by atoms with E-state index in [1.54, 1.807) is 17.0 Å². The molecule has 3 amide bonds. The van der Waals surface area contributed by atoms with Crippen LogP contribution in [0.25, 0.3) is 0 Å². The maximum absolute atomic E-state index is 12.1. The number of nitrogens with one attached hydrogen (secondary N) is 2. The number of rotatable bonds is 7. The molecule has 2 fully saturated rings. The lowest BCUT2D eigenvalue weighted by Gasteiger charge is -2.21. The molecule has 0 radical (unpaired) electrons. The Labute approximate surface area is 154 Å². The van der Waals surface area contributed by atoms with Crippen LogP contribution in [0.1, 0.15) is 32.6 Å². The summed E-state index contributed by atoms with van der Waals surface area (Å²) in [5, 5.41) is 5.66. The van der Waals surface area contributed by atoms with Crippen LogP contribution in [0.4, 0.5) is 10.5 Å². The Hall–Kier alpha value is -2.28. The highest BCUT2D eigenvalue weighted by Gasteiger charge is 2.22. The first kappa shape index (κ1) is 18.5. The lowest BCUT2D eigenvalue weighted by Crippen LogP contribution is -2.44. The molecule has 0 unspecified atom stereocenters. The van der Waals surface area contributed by atoms with Crippen molar-refractivity contribution in [2.24, 2.45) is 0 Å². The smallest absolute Gasteiger partial charge is 0.319 e. The summed E-state index contributed by atoms with van der Waals surface area (Å²) in [5.74, 6) is 0.921. The van der Waals surface area contributed by atoms with E-state index in [0.717, 1.165) is 38.2 Å². The van der Waals surface area contributed by atoms with Gasteiger partial charge < -0.3 is 25.0 Å². The zero-order valence-corrected chi connectivity index (χ0v) is 15.2. The topological polar surface area (TPSA) is 79.9 Å². The molecule has 2 atom stereocenters. The first-order valence-corrected chi connectivity index (χ1v) is 9.30. The number of anilines is 1. The van der Waals surface area contributed by atoms with Crippen LogP contribution in [-0.4, -0.2) is 55.3 Å². The predicted octanol–water partition coefficient (Wildman–Crippen LogP) is 2.38. The molecule has 0 saturated carbocycles. The molecule has 0 aromatic heterocycles. The molecule has 142 valence electrons. The van der Waals surface area contributed by atoms with Crippen LogP contribution in [0.15, 0.2) is 24.3 Å². The van der Waals surface area contributed by atoms with Crippen molar-refractivity contribution in [2.45, 2.75) is 44.8 Å². The summed E-state index contributed by atoms with van der Waals surface area (Å²) in [4.78, 5) is 25.5. The van der Waals surface area contributed by atoms with Crippen molar-refractivity contribution in [1.29, 1.82) is 0 Å². The maximum Gasteiger partial charge on any atom is 0.319 e. The number of hydrogen-bond donors (Lipinski definition) is 2.